The molecule has 1 aromatic rings. The molecule has 2 N–H and O–H groups in total. The highest BCUT2D eigenvalue weighted by Gasteiger charge is 2.20. The lowest BCUT2D eigenvalue weighted by atomic mass is 9.99. The zero-order valence-electron chi connectivity index (χ0n) is 8.03. The van der Waals surface area contributed by atoms with Gasteiger partial charge in [0.1, 0.15) is 17.3 Å². The molecular weight excluding hydrogens is 216 g/mol. The highest BCUT2D eigenvalue weighted by molar-refractivity contribution is 6.29. The number of carbonyl (C=O) groups is 1. The third kappa shape index (κ3) is 2.87. The molecule has 0 aromatic carbocycles. The first-order valence-electron chi connectivity index (χ1n) is 4.72. The third-order valence-corrected chi connectivity index (χ3v) is 2.45. The standard InChI is InChI=1S/C9H11ClN4O/c10-7-2-8(13-5-12-7)14-9(15)1-6-3-11-4-6/h2,5-6,11H,1,3-4H2,(H,12,13,14,15). The molecule has 0 atom stereocenters. The first-order valence-corrected chi connectivity index (χ1v) is 5.10. The van der Waals surface area contributed by atoms with Crippen molar-refractivity contribution in [3.05, 3.63) is 17.5 Å². The van der Waals surface area contributed by atoms with Gasteiger partial charge in [-0.05, 0) is 19.0 Å². The summed E-state index contributed by atoms with van der Waals surface area (Å²) in [6.45, 7) is 1.83. The fraction of sp³-hybridized carbons (Fsp3) is 0.444. The molecule has 6 heteroatoms. The van der Waals surface area contributed by atoms with Gasteiger partial charge in [-0.25, -0.2) is 9.97 Å². The minimum absolute atomic E-state index is 0.0312. The summed E-state index contributed by atoms with van der Waals surface area (Å²) in [5, 5.41) is 6.12. The van der Waals surface area contributed by atoms with Gasteiger partial charge in [-0.2, -0.15) is 0 Å². The molecule has 2 heterocycles. The lowest BCUT2D eigenvalue weighted by molar-refractivity contribution is -0.117. The molecule has 1 amide bonds. The summed E-state index contributed by atoms with van der Waals surface area (Å²) in [6.07, 6.45) is 1.84. The average molecular weight is 227 g/mol. The van der Waals surface area contributed by atoms with Crippen molar-refractivity contribution in [1.82, 2.24) is 15.3 Å². The second kappa shape index (κ2) is 4.55. The predicted octanol–water partition coefficient (Wildman–Crippen LogP) is 0.678. The Labute approximate surface area is 92.3 Å². The lowest BCUT2D eigenvalue weighted by Gasteiger charge is -2.26. The van der Waals surface area contributed by atoms with E-state index in [1.807, 2.05) is 0 Å². The van der Waals surface area contributed by atoms with Crippen molar-refractivity contribution in [2.75, 3.05) is 18.4 Å². The Morgan fingerprint density at radius 3 is 3.00 bits per heavy atom. The maximum absolute atomic E-state index is 11.5. The Bertz CT molecular complexity index is 367. The van der Waals surface area contributed by atoms with Crippen LogP contribution in [0.3, 0.4) is 0 Å². The largest absolute Gasteiger partial charge is 0.316 e. The summed E-state index contributed by atoms with van der Waals surface area (Å²) in [7, 11) is 0. The van der Waals surface area contributed by atoms with Gasteiger partial charge in [0.05, 0.1) is 0 Å². The zero-order chi connectivity index (χ0) is 10.7. The number of halogens is 1. The van der Waals surface area contributed by atoms with E-state index in [9.17, 15) is 4.79 Å². The van der Waals surface area contributed by atoms with E-state index >= 15 is 0 Å². The lowest BCUT2D eigenvalue weighted by Crippen LogP contribution is -2.43. The van der Waals surface area contributed by atoms with Crippen LogP contribution < -0.4 is 10.6 Å². The molecule has 1 aliphatic heterocycles. The van der Waals surface area contributed by atoms with Gasteiger partial charge < -0.3 is 10.6 Å². The van der Waals surface area contributed by atoms with E-state index in [2.05, 4.69) is 20.6 Å². The maximum Gasteiger partial charge on any atom is 0.225 e. The summed E-state index contributed by atoms with van der Waals surface area (Å²) >= 11 is 5.66. The molecule has 0 unspecified atom stereocenters. The van der Waals surface area contributed by atoms with E-state index < -0.39 is 0 Å². The smallest absolute Gasteiger partial charge is 0.225 e. The van der Waals surface area contributed by atoms with E-state index in [0.29, 0.717) is 23.3 Å². The first kappa shape index (κ1) is 10.3. The molecule has 0 spiro atoms. The Balaban J connectivity index is 1.87. The van der Waals surface area contributed by atoms with Crippen LogP contribution in [0.25, 0.3) is 0 Å². The number of nitrogens with zero attached hydrogens (tertiary/aromatic N) is 2. The molecule has 80 valence electrons. The number of nitrogens with one attached hydrogen (secondary N) is 2. The SMILES string of the molecule is O=C(CC1CNC1)Nc1cc(Cl)ncn1. The normalized spacial score (nSPS) is 15.8. The first-order chi connectivity index (χ1) is 7.24. The summed E-state index contributed by atoms with van der Waals surface area (Å²) in [6, 6.07) is 1.53. The van der Waals surface area contributed by atoms with E-state index in [1.165, 1.54) is 12.4 Å². The van der Waals surface area contributed by atoms with Crippen LogP contribution in [0.15, 0.2) is 12.4 Å². The van der Waals surface area contributed by atoms with Crippen LogP contribution in [0.2, 0.25) is 5.15 Å². The second-order valence-electron chi connectivity index (χ2n) is 3.50. The molecule has 1 saturated heterocycles. The molecule has 0 saturated carbocycles. The summed E-state index contributed by atoms with van der Waals surface area (Å²) in [5.41, 5.74) is 0. The van der Waals surface area contributed by atoms with Gasteiger partial charge in [-0.3, -0.25) is 4.79 Å². The maximum atomic E-state index is 11.5. The van der Waals surface area contributed by atoms with Gasteiger partial charge in [-0.1, -0.05) is 11.6 Å². The number of carbonyl (C=O) groups excluding carboxylic acids is 1. The molecule has 1 aliphatic rings. The van der Waals surface area contributed by atoms with Crippen LogP contribution in [0.1, 0.15) is 6.42 Å². The fourth-order valence-electron chi connectivity index (χ4n) is 1.35. The van der Waals surface area contributed by atoms with E-state index in [-0.39, 0.29) is 5.91 Å². The topological polar surface area (TPSA) is 66.9 Å². The number of hydrogen-bond acceptors (Lipinski definition) is 4. The van der Waals surface area contributed by atoms with Crippen LogP contribution >= 0.6 is 11.6 Å². The molecule has 15 heavy (non-hydrogen) atoms. The van der Waals surface area contributed by atoms with Crippen LogP contribution in [-0.4, -0.2) is 29.0 Å². The van der Waals surface area contributed by atoms with Gasteiger partial charge in [-0.15, -0.1) is 0 Å². The molecule has 2 rings (SSSR count). The van der Waals surface area contributed by atoms with E-state index in [1.54, 1.807) is 0 Å². The summed E-state index contributed by atoms with van der Waals surface area (Å²) in [5.74, 6) is 0.867. The number of aromatic nitrogens is 2. The van der Waals surface area contributed by atoms with Gasteiger partial charge in [0.15, 0.2) is 0 Å². The average Bonchev–Trinajstić information content (AvgIpc) is 2.11. The van der Waals surface area contributed by atoms with Crippen LogP contribution in [-0.2, 0) is 4.79 Å². The van der Waals surface area contributed by atoms with Gasteiger partial charge in [0.2, 0.25) is 5.91 Å². The van der Waals surface area contributed by atoms with Crippen LogP contribution in [0.4, 0.5) is 5.82 Å². The fourth-order valence-corrected chi connectivity index (χ4v) is 1.50. The Kier molecular flexibility index (Phi) is 3.13. The van der Waals surface area contributed by atoms with Crippen molar-refractivity contribution in [3.63, 3.8) is 0 Å². The van der Waals surface area contributed by atoms with Gasteiger partial charge in [0.25, 0.3) is 0 Å². The minimum Gasteiger partial charge on any atom is -0.316 e. The van der Waals surface area contributed by atoms with Gasteiger partial charge >= 0.3 is 0 Å². The second-order valence-corrected chi connectivity index (χ2v) is 3.89. The molecule has 1 aromatic heterocycles. The summed E-state index contributed by atoms with van der Waals surface area (Å²) < 4.78 is 0. The highest BCUT2D eigenvalue weighted by atomic mass is 35.5. The number of hydrogen-bond donors (Lipinski definition) is 2. The monoisotopic (exact) mass is 226 g/mol. The Morgan fingerprint density at radius 1 is 1.60 bits per heavy atom. The van der Waals surface area contributed by atoms with E-state index in [0.717, 1.165) is 13.1 Å². The van der Waals surface area contributed by atoms with Crippen LogP contribution in [0.5, 0.6) is 0 Å². The van der Waals surface area contributed by atoms with Crippen LogP contribution in [0, 0.1) is 5.92 Å². The van der Waals surface area contributed by atoms with Crippen molar-refractivity contribution >= 4 is 23.3 Å². The molecule has 0 bridgehead atoms. The minimum atomic E-state index is -0.0312. The van der Waals surface area contributed by atoms with E-state index in [4.69, 9.17) is 11.6 Å². The number of amides is 1. The van der Waals surface area contributed by atoms with Crippen molar-refractivity contribution in [1.29, 1.82) is 0 Å². The molecule has 0 radical (unpaired) electrons. The van der Waals surface area contributed by atoms with Crippen molar-refractivity contribution in [2.24, 2.45) is 5.92 Å². The quantitative estimate of drug-likeness (QED) is 0.744. The third-order valence-electron chi connectivity index (χ3n) is 2.24. The Morgan fingerprint density at radius 2 is 2.40 bits per heavy atom. The van der Waals surface area contributed by atoms with Gasteiger partial charge in [0, 0.05) is 12.5 Å². The van der Waals surface area contributed by atoms with Crippen molar-refractivity contribution in [2.45, 2.75) is 6.42 Å². The molecule has 0 aliphatic carbocycles. The molecular formula is C9H11ClN4O. The zero-order valence-corrected chi connectivity index (χ0v) is 8.79. The number of rotatable bonds is 3. The number of anilines is 1. The predicted molar refractivity (Wildman–Crippen MR) is 56.6 cm³/mol. The summed E-state index contributed by atoms with van der Waals surface area (Å²) in [4.78, 5) is 19.1. The van der Waals surface area contributed by atoms with Crippen molar-refractivity contribution in [3.8, 4) is 0 Å². The molecule has 1 fully saturated rings. The highest BCUT2D eigenvalue weighted by Crippen LogP contribution is 2.12. The Hall–Kier alpha value is -1.20. The van der Waals surface area contributed by atoms with Crippen molar-refractivity contribution < 1.29 is 4.79 Å². The molecule has 5 nitrogen and oxygen atoms in total.